The largest absolute Gasteiger partial charge is 0.478 e. The third-order valence-corrected chi connectivity index (χ3v) is 3.04. The van der Waals surface area contributed by atoms with Crippen LogP contribution in [0.3, 0.4) is 0 Å². The minimum atomic E-state index is 0.119. The summed E-state index contributed by atoms with van der Waals surface area (Å²) in [6.07, 6.45) is 2.00. The zero-order valence-electron chi connectivity index (χ0n) is 13.9. The number of hydrogen-bond donors (Lipinski definition) is 1. The lowest BCUT2D eigenvalue weighted by atomic mass is 10.1. The molecule has 114 valence electrons. The van der Waals surface area contributed by atoms with Gasteiger partial charge >= 0.3 is 0 Å². The summed E-state index contributed by atoms with van der Waals surface area (Å²) in [6.45, 7) is 14.7. The van der Waals surface area contributed by atoms with Gasteiger partial charge in [-0.2, -0.15) is 0 Å². The lowest BCUT2D eigenvalue weighted by Gasteiger charge is -2.21. The molecule has 1 aromatic rings. The van der Waals surface area contributed by atoms with Crippen LogP contribution in [0.4, 0.5) is 0 Å². The molecule has 0 aliphatic carbocycles. The van der Waals surface area contributed by atoms with E-state index in [1.54, 1.807) is 0 Å². The second kappa shape index (κ2) is 7.63. The fourth-order valence-corrected chi connectivity index (χ4v) is 1.74. The van der Waals surface area contributed by atoms with Gasteiger partial charge in [0.05, 0.1) is 6.61 Å². The Morgan fingerprint density at radius 3 is 2.50 bits per heavy atom. The van der Waals surface area contributed by atoms with E-state index in [2.05, 4.69) is 64.0 Å². The SMILES string of the molecule is CCc1cc(CNC(C)(C)C)cc(OCCC(C)C)n1. The second-order valence-corrected chi connectivity index (χ2v) is 6.79. The van der Waals surface area contributed by atoms with Gasteiger partial charge in [-0.1, -0.05) is 20.8 Å². The molecule has 0 aliphatic rings. The molecule has 0 saturated heterocycles. The minimum Gasteiger partial charge on any atom is -0.478 e. The summed E-state index contributed by atoms with van der Waals surface area (Å²) in [7, 11) is 0. The average Bonchev–Trinajstić information content (AvgIpc) is 2.35. The van der Waals surface area contributed by atoms with Crippen LogP contribution in [-0.2, 0) is 13.0 Å². The molecule has 3 heteroatoms. The number of hydrogen-bond acceptors (Lipinski definition) is 3. The maximum Gasteiger partial charge on any atom is 0.213 e. The molecule has 0 amide bonds. The lowest BCUT2D eigenvalue weighted by molar-refractivity contribution is 0.278. The van der Waals surface area contributed by atoms with Gasteiger partial charge in [-0.25, -0.2) is 4.98 Å². The first-order chi connectivity index (χ1) is 9.30. The van der Waals surface area contributed by atoms with Crippen LogP contribution in [0, 0.1) is 5.92 Å². The van der Waals surface area contributed by atoms with Gasteiger partial charge in [0.25, 0.3) is 0 Å². The molecular weight excluding hydrogens is 248 g/mol. The van der Waals surface area contributed by atoms with Gasteiger partial charge in [-0.05, 0) is 51.2 Å². The maximum atomic E-state index is 5.79. The van der Waals surface area contributed by atoms with Crippen molar-refractivity contribution in [2.75, 3.05) is 6.61 Å². The summed E-state index contributed by atoms with van der Waals surface area (Å²) >= 11 is 0. The fraction of sp³-hybridized carbons (Fsp3) is 0.706. The van der Waals surface area contributed by atoms with Gasteiger partial charge in [-0.15, -0.1) is 0 Å². The van der Waals surface area contributed by atoms with Gasteiger partial charge < -0.3 is 10.1 Å². The van der Waals surface area contributed by atoms with Crippen LogP contribution in [0.15, 0.2) is 12.1 Å². The molecule has 0 saturated carbocycles. The van der Waals surface area contributed by atoms with Crippen LogP contribution in [0.5, 0.6) is 5.88 Å². The number of pyridine rings is 1. The Labute approximate surface area is 124 Å². The molecule has 0 atom stereocenters. The number of ether oxygens (including phenoxy) is 1. The first-order valence-corrected chi connectivity index (χ1v) is 7.68. The van der Waals surface area contributed by atoms with Crippen LogP contribution in [-0.4, -0.2) is 17.1 Å². The summed E-state index contributed by atoms with van der Waals surface area (Å²) in [5.41, 5.74) is 2.46. The molecule has 0 fully saturated rings. The van der Waals surface area contributed by atoms with Crippen molar-refractivity contribution in [2.45, 2.75) is 66.5 Å². The van der Waals surface area contributed by atoms with Crippen molar-refractivity contribution in [1.29, 1.82) is 0 Å². The Kier molecular flexibility index (Phi) is 6.47. The number of aromatic nitrogens is 1. The Morgan fingerprint density at radius 1 is 1.25 bits per heavy atom. The van der Waals surface area contributed by atoms with E-state index in [1.807, 2.05) is 0 Å². The summed E-state index contributed by atoms with van der Waals surface area (Å²) in [5.74, 6) is 1.42. The number of rotatable bonds is 7. The third kappa shape index (κ3) is 6.90. The predicted octanol–water partition coefficient (Wildman–Crippen LogP) is 3.96. The number of aryl methyl sites for hydroxylation is 1. The normalized spacial score (nSPS) is 11.9. The minimum absolute atomic E-state index is 0.119. The molecule has 1 rings (SSSR count). The summed E-state index contributed by atoms with van der Waals surface area (Å²) in [6, 6.07) is 4.21. The standard InChI is InChI=1S/C17H30N2O/c1-7-15-10-14(12-18-17(4,5)6)11-16(19-15)20-9-8-13(2)3/h10-11,13,18H,7-9,12H2,1-6H3. The first-order valence-electron chi connectivity index (χ1n) is 7.68. The molecule has 0 aliphatic heterocycles. The molecule has 20 heavy (non-hydrogen) atoms. The molecule has 0 bridgehead atoms. The number of nitrogens with zero attached hydrogens (tertiary/aromatic N) is 1. The Balaban J connectivity index is 2.69. The van der Waals surface area contributed by atoms with Crippen molar-refractivity contribution in [3.05, 3.63) is 23.4 Å². The highest BCUT2D eigenvalue weighted by atomic mass is 16.5. The van der Waals surface area contributed by atoms with E-state index < -0.39 is 0 Å². The Morgan fingerprint density at radius 2 is 1.95 bits per heavy atom. The highest BCUT2D eigenvalue weighted by molar-refractivity contribution is 5.25. The fourth-order valence-electron chi connectivity index (χ4n) is 1.74. The van der Waals surface area contributed by atoms with E-state index in [-0.39, 0.29) is 5.54 Å². The van der Waals surface area contributed by atoms with Gasteiger partial charge in [0.2, 0.25) is 5.88 Å². The topological polar surface area (TPSA) is 34.1 Å². The van der Waals surface area contributed by atoms with Crippen molar-refractivity contribution < 1.29 is 4.74 Å². The van der Waals surface area contributed by atoms with E-state index in [9.17, 15) is 0 Å². The zero-order valence-corrected chi connectivity index (χ0v) is 13.9. The molecule has 0 radical (unpaired) electrons. The summed E-state index contributed by atoms with van der Waals surface area (Å²) in [5, 5.41) is 3.51. The second-order valence-electron chi connectivity index (χ2n) is 6.79. The highest BCUT2D eigenvalue weighted by Crippen LogP contribution is 2.15. The Bertz CT molecular complexity index is 408. The van der Waals surface area contributed by atoms with Crippen LogP contribution in [0.1, 0.15) is 59.2 Å². The lowest BCUT2D eigenvalue weighted by Crippen LogP contribution is -2.35. The van der Waals surface area contributed by atoms with E-state index in [1.165, 1.54) is 5.56 Å². The van der Waals surface area contributed by atoms with Crippen LogP contribution in [0.2, 0.25) is 0 Å². The quantitative estimate of drug-likeness (QED) is 0.820. The molecule has 1 aromatic heterocycles. The molecule has 0 aromatic carbocycles. The van der Waals surface area contributed by atoms with Crippen molar-refractivity contribution in [2.24, 2.45) is 5.92 Å². The van der Waals surface area contributed by atoms with E-state index in [0.29, 0.717) is 5.92 Å². The van der Waals surface area contributed by atoms with Crippen LogP contribution < -0.4 is 10.1 Å². The van der Waals surface area contributed by atoms with E-state index in [4.69, 9.17) is 4.74 Å². The smallest absolute Gasteiger partial charge is 0.213 e. The molecule has 0 spiro atoms. The molecule has 1 heterocycles. The van der Waals surface area contributed by atoms with Gasteiger partial charge in [0, 0.05) is 23.8 Å². The summed E-state index contributed by atoms with van der Waals surface area (Å²) < 4.78 is 5.79. The van der Waals surface area contributed by atoms with E-state index in [0.717, 1.165) is 37.6 Å². The monoisotopic (exact) mass is 278 g/mol. The van der Waals surface area contributed by atoms with Crippen molar-refractivity contribution >= 4 is 0 Å². The van der Waals surface area contributed by atoms with Crippen LogP contribution in [0.25, 0.3) is 0 Å². The van der Waals surface area contributed by atoms with E-state index >= 15 is 0 Å². The third-order valence-electron chi connectivity index (χ3n) is 3.04. The zero-order chi connectivity index (χ0) is 15.2. The van der Waals surface area contributed by atoms with Crippen molar-refractivity contribution in [3.63, 3.8) is 0 Å². The first kappa shape index (κ1) is 17.0. The highest BCUT2D eigenvalue weighted by Gasteiger charge is 2.10. The van der Waals surface area contributed by atoms with Crippen molar-refractivity contribution in [1.82, 2.24) is 10.3 Å². The number of nitrogens with one attached hydrogen (secondary N) is 1. The van der Waals surface area contributed by atoms with Crippen molar-refractivity contribution in [3.8, 4) is 5.88 Å². The Hall–Kier alpha value is -1.09. The van der Waals surface area contributed by atoms with Gasteiger partial charge in [-0.3, -0.25) is 0 Å². The molecule has 1 N–H and O–H groups in total. The van der Waals surface area contributed by atoms with Crippen LogP contribution >= 0.6 is 0 Å². The molecule has 3 nitrogen and oxygen atoms in total. The molecular formula is C17H30N2O. The average molecular weight is 278 g/mol. The van der Waals surface area contributed by atoms with Gasteiger partial charge in [0.15, 0.2) is 0 Å². The van der Waals surface area contributed by atoms with Gasteiger partial charge in [0.1, 0.15) is 0 Å². The molecule has 0 unspecified atom stereocenters. The maximum absolute atomic E-state index is 5.79. The predicted molar refractivity (Wildman–Crippen MR) is 85.2 cm³/mol. The summed E-state index contributed by atoms with van der Waals surface area (Å²) in [4.78, 5) is 4.54.